The number of anilines is 1. The van der Waals surface area contributed by atoms with Gasteiger partial charge in [-0.25, -0.2) is 13.4 Å². The minimum atomic E-state index is -3.65. The largest absolute Gasteiger partial charge is 0.321 e. The number of carbonyl (C=O) groups is 1. The number of rotatable bonds is 7. The van der Waals surface area contributed by atoms with E-state index < -0.39 is 10.0 Å². The van der Waals surface area contributed by atoms with E-state index in [2.05, 4.69) is 5.32 Å². The summed E-state index contributed by atoms with van der Waals surface area (Å²) in [4.78, 5) is 17.8. The van der Waals surface area contributed by atoms with Gasteiger partial charge in [-0.05, 0) is 42.5 Å². The maximum absolute atomic E-state index is 13.0. The Balaban J connectivity index is 1.65. The summed E-state index contributed by atoms with van der Waals surface area (Å²) in [6.45, 7) is 4.31. The van der Waals surface area contributed by atoms with E-state index in [9.17, 15) is 13.2 Å². The van der Waals surface area contributed by atoms with E-state index in [1.54, 1.807) is 37.3 Å². The molecule has 32 heavy (non-hydrogen) atoms. The van der Waals surface area contributed by atoms with Gasteiger partial charge in [0, 0.05) is 24.2 Å². The number of carbonyl (C=O) groups excluding carboxylic acids is 1. The van der Waals surface area contributed by atoms with Gasteiger partial charge in [0.25, 0.3) is 5.91 Å². The van der Waals surface area contributed by atoms with Crippen LogP contribution < -0.4 is 5.32 Å². The fourth-order valence-electron chi connectivity index (χ4n) is 3.47. The molecule has 4 rings (SSSR count). The van der Waals surface area contributed by atoms with Crippen LogP contribution in [0.25, 0.3) is 20.8 Å². The summed E-state index contributed by atoms with van der Waals surface area (Å²) in [7, 11) is -3.65. The van der Waals surface area contributed by atoms with E-state index in [1.165, 1.54) is 16.4 Å². The van der Waals surface area contributed by atoms with Gasteiger partial charge >= 0.3 is 0 Å². The smallest absolute Gasteiger partial charge is 0.255 e. The molecule has 1 amide bonds. The van der Waals surface area contributed by atoms with Crippen LogP contribution in [0.4, 0.5) is 5.69 Å². The number of sulfonamides is 1. The first kappa shape index (κ1) is 22.1. The SMILES string of the molecule is CCN(CC)S(=O)(=O)c1cccc(C(=O)Nc2ccccc2-c2nc3ccccc3s2)c1. The van der Waals surface area contributed by atoms with Crippen LogP contribution in [0.2, 0.25) is 0 Å². The van der Waals surface area contributed by atoms with Crippen LogP contribution in [0.5, 0.6) is 0 Å². The Morgan fingerprint density at radius 2 is 1.69 bits per heavy atom. The number of nitrogens with zero attached hydrogens (tertiary/aromatic N) is 2. The van der Waals surface area contributed by atoms with Crippen molar-refractivity contribution in [1.29, 1.82) is 0 Å². The molecule has 0 fully saturated rings. The molecule has 3 aromatic carbocycles. The van der Waals surface area contributed by atoms with Crippen molar-refractivity contribution in [3.05, 3.63) is 78.4 Å². The molecule has 0 saturated carbocycles. The van der Waals surface area contributed by atoms with E-state index in [-0.39, 0.29) is 16.4 Å². The minimum absolute atomic E-state index is 0.105. The molecule has 0 aliphatic heterocycles. The van der Waals surface area contributed by atoms with Crippen molar-refractivity contribution >= 4 is 43.2 Å². The van der Waals surface area contributed by atoms with Crippen LogP contribution >= 0.6 is 11.3 Å². The average molecular weight is 466 g/mol. The molecule has 164 valence electrons. The van der Waals surface area contributed by atoms with Gasteiger partial charge in [-0.15, -0.1) is 11.3 Å². The molecule has 1 heterocycles. The Labute approximate surface area is 191 Å². The fourth-order valence-corrected chi connectivity index (χ4v) is 5.98. The first-order valence-corrected chi connectivity index (χ1v) is 12.6. The van der Waals surface area contributed by atoms with Crippen LogP contribution in [0, 0.1) is 0 Å². The second-order valence-electron chi connectivity index (χ2n) is 7.10. The highest BCUT2D eigenvalue weighted by atomic mass is 32.2. The Hall–Kier alpha value is -3.07. The molecule has 0 aliphatic rings. The lowest BCUT2D eigenvalue weighted by atomic mass is 10.1. The van der Waals surface area contributed by atoms with E-state index in [1.807, 2.05) is 48.5 Å². The normalized spacial score (nSPS) is 11.7. The summed E-state index contributed by atoms with van der Waals surface area (Å²) >= 11 is 1.55. The Kier molecular flexibility index (Phi) is 6.36. The maximum Gasteiger partial charge on any atom is 0.255 e. The Morgan fingerprint density at radius 1 is 0.969 bits per heavy atom. The number of hydrogen-bond donors (Lipinski definition) is 1. The molecule has 1 N–H and O–H groups in total. The summed E-state index contributed by atoms with van der Waals surface area (Å²) in [5.74, 6) is -0.379. The van der Waals surface area contributed by atoms with Gasteiger partial charge < -0.3 is 5.32 Å². The summed E-state index contributed by atoms with van der Waals surface area (Å²) < 4.78 is 28.1. The number of fused-ring (bicyclic) bond motifs is 1. The second-order valence-corrected chi connectivity index (χ2v) is 10.1. The van der Waals surface area contributed by atoms with Crippen molar-refractivity contribution in [1.82, 2.24) is 9.29 Å². The lowest BCUT2D eigenvalue weighted by Crippen LogP contribution is -2.30. The van der Waals surface area contributed by atoms with Crippen molar-refractivity contribution in [3.63, 3.8) is 0 Å². The number of benzene rings is 3. The van der Waals surface area contributed by atoms with Gasteiger partial charge in [0.15, 0.2) is 0 Å². The topological polar surface area (TPSA) is 79.4 Å². The summed E-state index contributed by atoms with van der Waals surface area (Å²) in [5, 5.41) is 3.73. The standard InChI is InChI=1S/C24H23N3O3S2/c1-3-27(4-2)32(29,30)18-11-9-10-17(16-18)23(28)25-20-13-6-5-12-19(20)24-26-21-14-7-8-15-22(21)31-24/h5-16H,3-4H2,1-2H3,(H,25,28). The monoisotopic (exact) mass is 465 g/mol. The first-order valence-electron chi connectivity index (χ1n) is 10.3. The van der Waals surface area contributed by atoms with Crippen molar-refractivity contribution in [2.45, 2.75) is 18.7 Å². The number of para-hydroxylation sites is 2. The van der Waals surface area contributed by atoms with Crippen molar-refractivity contribution < 1.29 is 13.2 Å². The molecule has 0 radical (unpaired) electrons. The molecule has 0 aliphatic carbocycles. The van der Waals surface area contributed by atoms with E-state index in [4.69, 9.17) is 4.98 Å². The number of thiazole rings is 1. The van der Waals surface area contributed by atoms with E-state index >= 15 is 0 Å². The molecule has 6 nitrogen and oxygen atoms in total. The van der Waals surface area contributed by atoms with Crippen LogP contribution in [-0.2, 0) is 10.0 Å². The predicted molar refractivity (Wildman–Crippen MR) is 130 cm³/mol. The molecule has 1 aromatic heterocycles. The number of hydrogen-bond acceptors (Lipinski definition) is 5. The molecular weight excluding hydrogens is 442 g/mol. The average Bonchev–Trinajstić information content (AvgIpc) is 3.24. The van der Waals surface area contributed by atoms with Gasteiger partial charge in [0.1, 0.15) is 5.01 Å². The summed E-state index contributed by atoms with van der Waals surface area (Å²) in [6, 6.07) is 21.5. The zero-order valence-corrected chi connectivity index (χ0v) is 19.4. The zero-order valence-electron chi connectivity index (χ0n) is 17.8. The van der Waals surface area contributed by atoms with Gasteiger partial charge in [-0.1, -0.05) is 44.2 Å². The highest BCUT2D eigenvalue weighted by Crippen LogP contribution is 2.34. The molecule has 0 bridgehead atoms. The summed E-state index contributed by atoms with van der Waals surface area (Å²) in [6.07, 6.45) is 0. The van der Waals surface area contributed by atoms with Crippen LogP contribution in [0.3, 0.4) is 0 Å². The lowest BCUT2D eigenvalue weighted by molar-refractivity contribution is 0.102. The number of aromatic nitrogens is 1. The third kappa shape index (κ3) is 4.29. The first-order chi connectivity index (χ1) is 15.4. The molecule has 0 atom stereocenters. The third-order valence-corrected chi connectivity index (χ3v) is 8.25. The van der Waals surface area contributed by atoms with Crippen molar-refractivity contribution in [2.24, 2.45) is 0 Å². The van der Waals surface area contributed by atoms with Crippen LogP contribution in [0.1, 0.15) is 24.2 Å². The van der Waals surface area contributed by atoms with E-state index in [0.29, 0.717) is 18.8 Å². The van der Waals surface area contributed by atoms with Crippen LogP contribution in [0.15, 0.2) is 77.7 Å². The summed E-state index contributed by atoms with van der Waals surface area (Å²) in [5.41, 5.74) is 2.61. The fraction of sp³-hybridized carbons (Fsp3) is 0.167. The highest BCUT2D eigenvalue weighted by Gasteiger charge is 2.23. The third-order valence-electron chi connectivity index (χ3n) is 5.14. The number of nitrogens with one attached hydrogen (secondary N) is 1. The number of amides is 1. The molecule has 8 heteroatoms. The molecular formula is C24H23N3O3S2. The molecule has 0 spiro atoms. The molecule has 4 aromatic rings. The predicted octanol–water partition coefficient (Wildman–Crippen LogP) is 5.25. The Bertz CT molecular complexity index is 1340. The quantitative estimate of drug-likeness (QED) is 0.404. The van der Waals surface area contributed by atoms with Gasteiger partial charge in [0.2, 0.25) is 10.0 Å². The zero-order chi connectivity index (χ0) is 22.7. The Morgan fingerprint density at radius 3 is 2.44 bits per heavy atom. The maximum atomic E-state index is 13.0. The second kappa shape index (κ2) is 9.20. The lowest BCUT2D eigenvalue weighted by Gasteiger charge is -2.18. The van der Waals surface area contributed by atoms with Crippen molar-refractivity contribution in [2.75, 3.05) is 18.4 Å². The van der Waals surface area contributed by atoms with E-state index in [0.717, 1.165) is 20.8 Å². The molecule has 0 saturated heterocycles. The highest BCUT2D eigenvalue weighted by molar-refractivity contribution is 7.89. The van der Waals surface area contributed by atoms with Gasteiger partial charge in [-0.3, -0.25) is 4.79 Å². The van der Waals surface area contributed by atoms with Crippen LogP contribution in [-0.4, -0.2) is 36.7 Å². The van der Waals surface area contributed by atoms with Gasteiger partial charge in [-0.2, -0.15) is 4.31 Å². The van der Waals surface area contributed by atoms with Gasteiger partial charge in [0.05, 0.1) is 20.8 Å². The minimum Gasteiger partial charge on any atom is -0.321 e. The molecule has 0 unspecified atom stereocenters. The van der Waals surface area contributed by atoms with Crippen molar-refractivity contribution in [3.8, 4) is 10.6 Å².